The first-order valence-electron chi connectivity index (χ1n) is 10.1. The molecule has 0 radical (unpaired) electrons. The molecule has 0 aromatic heterocycles. The van der Waals surface area contributed by atoms with E-state index in [-0.39, 0.29) is 5.54 Å². The van der Waals surface area contributed by atoms with Gasteiger partial charge in [-0.05, 0) is 75.3 Å². The SMILES string of the molecule is Cc1ccc(NC(=O)CS(=O)(=O)CC(=O)NC23CC4CC(CC(C4)C2)C3)cc1. The second kappa shape index (κ2) is 7.17. The van der Waals surface area contributed by atoms with Crippen molar-refractivity contribution in [1.82, 2.24) is 5.32 Å². The number of aryl methyl sites for hydroxylation is 1. The van der Waals surface area contributed by atoms with Gasteiger partial charge in [-0.15, -0.1) is 0 Å². The Hall–Kier alpha value is -1.89. The number of hydrogen-bond acceptors (Lipinski definition) is 4. The van der Waals surface area contributed by atoms with Gasteiger partial charge in [0.25, 0.3) is 0 Å². The molecule has 1 aromatic rings. The molecule has 0 atom stereocenters. The third-order valence-electron chi connectivity index (χ3n) is 6.48. The molecule has 152 valence electrons. The van der Waals surface area contributed by atoms with E-state index >= 15 is 0 Å². The van der Waals surface area contributed by atoms with Crippen molar-refractivity contribution >= 4 is 27.3 Å². The van der Waals surface area contributed by atoms with E-state index in [1.807, 2.05) is 19.1 Å². The molecule has 1 aromatic carbocycles. The first-order valence-corrected chi connectivity index (χ1v) is 11.9. The van der Waals surface area contributed by atoms with Crippen LogP contribution in [0.2, 0.25) is 0 Å². The summed E-state index contributed by atoms with van der Waals surface area (Å²) in [6.07, 6.45) is 6.68. The zero-order valence-corrected chi connectivity index (χ0v) is 17.1. The van der Waals surface area contributed by atoms with Gasteiger partial charge in [-0.3, -0.25) is 9.59 Å². The van der Waals surface area contributed by atoms with Crippen LogP contribution in [-0.4, -0.2) is 37.3 Å². The average molecular weight is 405 g/mol. The topological polar surface area (TPSA) is 92.3 Å². The van der Waals surface area contributed by atoms with Crippen molar-refractivity contribution in [2.45, 2.75) is 51.0 Å². The Balaban J connectivity index is 1.32. The van der Waals surface area contributed by atoms with Gasteiger partial charge in [-0.1, -0.05) is 17.7 Å². The predicted octanol–water partition coefficient (Wildman–Crippen LogP) is 2.43. The summed E-state index contributed by atoms with van der Waals surface area (Å²) in [5.74, 6) is -0.391. The van der Waals surface area contributed by atoms with Crippen molar-refractivity contribution in [3.8, 4) is 0 Å². The molecule has 4 fully saturated rings. The van der Waals surface area contributed by atoms with Crippen LogP contribution in [0.5, 0.6) is 0 Å². The Labute approximate surface area is 166 Å². The lowest BCUT2D eigenvalue weighted by Gasteiger charge is -2.56. The summed E-state index contributed by atoms with van der Waals surface area (Å²) in [6.45, 7) is 1.93. The fourth-order valence-electron chi connectivity index (χ4n) is 5.88. The van der Waals surface area contributed by atoms with E-state index in [9.17, 15) is 18.0 Å². The average Bonchev–Trinajstić information content (AvgIpc) is 2.53. The van der Waals surface area contributed by atoms with Gasteiger partial charge in [0, 0.05) is 11.2 Å². The van der Waals surface area contributed by atoms with Crippen LogP contribution in [0, 0.1) is 24.7 Å². The summed E-state index contributed by atoms with van der Waals surface area (Å²) in [4.78, 5) is 24.6. The Morgan fingerprint density at radius 3 is 1.96 bits per heavy atom. The van der Waals surface area contributed by atoms with E-state index < -0.39 is 33.2 Å². The molecule has 4 saturated carbocycles. The van der Waals surface area contributed by atoms with Crippen LogP contribution >= 0.6 is 0 Å². The zero-order chi connectivity index (χ0) is 19.9. The lowest BCUT2D eigenvalue weighted by atomic mass is 9.53. The van der Waals surface area contributed by atoms with Crippen LogP contribution in [0.15, 0.2) is 24.3 Å². The Morgan fingerprint density at radius 1 is 0.929 bits per heavy atom. The van der Waals surface area contributed by atoms with E-state index in [1.54, 1.807) is 12.1 Å². The molecule has 5 rings (SSSR count). The van der Waals surface area contributed by atoms with Crippen LogP contribution in [0.4, 0.5) is 5.69 Å². The number of benzene rings is 1. The minimum atomic E-state index is -3.82. The highest BCUT2D eigenvalue weighted by Crippen LogP contribution is 2.55. The normalized spacial score (nSPS) is 30.8. The molecule has 0 aliphatic heterocycles. The lowest BCUT2D eigenvalue weighted by molar-refractivity contribution is -0.124. The first-order chi connectivity index (χ1) is 13.2. The molecule has 0 heterocycles. The highest BCUT2D eigenvalue weighted by molar-refractivity contribution is 7.92. The molecular formula is C21H28N2O4S. The fraction of sp³-hybridized carbons (Fsp3) is 0.619. The number of hydrogen-bond donors (Lipinski definition) is 2. The van der Waals surface area contributed by atoms with E-state index in [4.69, 9.17) is 0 Å². The smallest absolute Gasteiger partial charge is 0.239 e. The predicted molar refractivity (Wildman–Crippen MR) is 108 cm³/mol. The number of nitrogens with one attached hydrogen (secondary N) is 2. The van der Waals surface area contributed by atoms with E-state index in [2.05, 4.69) is 10.6 Å². The number of amides is 2. The van der Waals surface area contributed by atoms with Crippen molar-refractivity contribution in [1.29, 1.82) is 0 Å². The summed E-state index contributed by atoms with van der Waals surface area (Å²) < 4.78 is 24.7. The molecule has 0 spiro atoms. The van der Waals surface area contributed by atoms with Gasteiger partial charge in [0.15, 0.2) is 9.84 Å². The molecule has 4 aliphatic rings. The van der Waals surface area contributed by atoms with Crippen molar-refractivity contribution in [2.24, 2.45) is 17.8 Å². The second-order valence-corrected chi connectivity index (χ2v) is 11.3. The van der Waals surface area contributed by atoms with Crippen LogP contribution in [0.3, 0.4) is 0 Å². The summed E-state index contributed by atoms with van der Waals surface area (Å²) in [5.41, 5.74) is 1.38. The largest absolute Gasteiger partial charge is 0.350 e. The number of carbonyl (C=O) groups is 2. The molecule has 0 unspecified atom stereocenters. The monoisotopic (exact) mass is 404 g/mol. The summed E-state index contributed by atoms with van der Waals surface area (Å²) in [7, 11) is -3.82. The number of rotatable bonds is 6. The Kier molecular flexibility index (Phi) is 4.98. The molecule has 2 amide bonds. The molecular weight excluding hydrogens is 376 g/mol. The van der Waals surface area contributed by atoms with Gasteiger partial charge in [0.2, 0.25) is 11.8 Å². The van der Waals surface area contributed by atoms with E-state index in [1.165, 1.54) is 19.3 Å². The molecule has 28 heavy (non-hydrogen) atoms. The van der Waals surface area contributed by atoms with Gasteiger partial charge in [-0.2, -0.15) is 0 Å². The summed E-state index contributed by atoms with van der Waals surface area (Å²) >= 11 is 0. The molecule has 0 saturated heterocycles. The van der Waals surface area contributed by atoms with Crippen molar-refractivity contribution in [2.75, 3.05) is 16.8 Å². The fourth-order valence-corrected chi connectivity index (χ4v) is 6.93. The minimum Gasteiger partial charge on any atom is -0.350 e. The van der Waals surface area contributed by atoms with Crippen molar-refractivity contribution in [3.05, 3.63) is 29.8 Å². The number of sulfone groups is 1. The van der Waals surface area contributed by atoms with Gasteiger partial charge in [0.1, 0.15) is 11.5 Å². The maximum absolute atomic E-state index is 12.5. The van der Waals surface area contributed by atoms with Crippen molar-refractivity contribution < 1.29 is 18.0 Å². The standard InChI is InChI=1S/C21H28N2O4S/c1-14-2-4-18(5-3-14)22-19(24)12-28(26,27)13-20(25)23-21-9-15-6-16(10-21)8-17(7-15)11-21/h2-5,15-17H,6-13H2,1H3,(H,22,24)(H,23,25). The molecule has 7 heteroatoms. The Bertz CT molecular complexity index is 841. The van der Waals surface area contributed by atoms with Gasteiger partial charge in [0.05, 0.1) is 0 Å². The molecule has 4 bridgehead atoms. The molecule has 4 aliphatic carbocycles. The first kappa shape index (κ1) is 19.4. The minimum absolute atomic E-state index is 0.217. The number of anilines is 1. The molecule has 2 N–H and O–H groups in total. The van der Waals surface area contributed by atoms with Crippen LogP contribution in [0.25, 0.3) is 0 Å². The van der Waals surface area contributed by atoms with Gasteiger partial charge >= 0.3 is 0 Å². The highest BCUT2D eigenvalue weighted by atomic mass is 32.2. The van der Waals surface area contributed by atoms with Crippen LogP contribution < -0.4 is 10.6 Å². The lowest BCUT2D eigenvalue weighted by Crippen LogP contribution is -2.60. The van der Waals surface area contributed by atoms with E-state index in [0.717, 1.165) is 24.8 Å². The summed E-state index contributed by atoms with van der Waals surface area (Å²) in [5, 5.41) is 5.64. The van der Waals surface area contributed by atoms with Gasteiger partial charge in [-0.25, -0.2) is 8.42 Å². The summed E-state index contributed by atoms with van der Waals surface area (Å²) in [6, 6.07) is 7.12. The third-order valence-corrected chi connectivity index (χ3v) is 7.88. The van der Waals surface area contributed by atoms with Gasteiger partial charge < -0.3 is 10.6 Å². The quantitative estimate of drug-likeness (QED) is 0.762. The maximum Gasteiger partial charge on any atom is 0.239 e. The van der Waals surface area contributed by atoms with E-state index in [0.29, 0.717) is 23.4 Å². The van der Waals surface area contributed by atoms with Crippen molar-refractivity contribution in [3.63, 3.8) is 0 Å². The zero-order valence-electron chi connectivity index (χ0n) is 16.2. The molecule has 6 nitrogen and oxygen atoms in total. The second-order valence-electron chi connectivity index (χ2n) is 9.19. The number of carbonyl (C=O) groups excluding carboxylic acids is 2. The maximum atomic E-state index is 12.5. The highest BCUT2D eigenvalue weighted by Gasteiger charge is 2.51. The third kappa shape index (κ3) is 4.40. The Morgan fingerprint density at radius 2 is 1.43 bits per heavy atom. The van der Waals surface area contributed by atoms with Crippen LogP contribution in [0.1, 0.15) is 44.1 Å². The van der Waals surface area contributed by atoms with Crippen LogP contribution in [-0.2, 0) is 19.4 Å².